The van der Waals surface area contributed by atoms with E-state index in [0.29, 0.717) is 12.6 Å². The average molecular weight is 393 g/mol. The SMILES string of the molecule is Fc1ccc(-c2ccc3[nH]ncc3c2)cc1CN1CCNCC1c1cccs1. The highest BCUT2D eigenvalue weighted by molar-refractivity contribution is 7.10. The highest BCUT2D eigenvalue weighted by Crippen LogP contribution is 2.30. The van der Waals surface area contributed by atoms with E-state index in [9.17, 15) is 4.39 Å². The number of rotatable bonds is 4. The van der Waals surface area contributed by atoms with Crippen molar-refractivity contribution in [2.24, 2.45) is 0 Å². The highest BCUT2D eigenvalue weighted by Gasteiger charge is 2.25. The Balaban J connectivity index is 1.45. The molecule has 1 atom stereocenters. The summed E-state index contributed by atoms with van der Waals surface area (Å²) in [6, 6.07) is 16.1. The summed E-state index contributed by atoms with van der Waals surface area (Å²) in [5.74, 6) is -0.142. The third-order valence-electron chi connectivity index (χ3n) is 5.42. The smallest absolute Gasteiger partial charge is 0.127 e. The van der Waals surface area contributed by atoms with E-state index in [1.807, 2.05) is 24.4 Å². The van der Waals surface area contributed by atoms with Crippen molar-refractivity contribution in [3.63, 3.8) is 0 Å². The summed E-state index contributed by atoms with van der Waals surface area (Å²) in [5.41, 5.74) is 3.85. The topological polar surface area (TPSA) is 44.0 Å². The molecular formula is C22H21FN4S. The van der Waals surface area contributed by atoms with Gasteiger partial charge < -0.3 is 5.32 Å². The molecule has 4 aromatic rings. The van der Waals surface area contributed by atoms with Gasteiger partial charge in [-0.1, -0.05) is 18.2 Å². The molecule has 0 radical (unpaired) electrons. The number of piperazine rings is 1. The van der Waals surface area contributed by atoms with Gasteiger partial charge in [-0.05, 0) is 46.8 Å². The number of hydrogen-bond donors (Lipinski definition) is 2. The van der Waals surface area contributed by atoms with Crippen LogP contribution in [0.15, 0.2) is 60.1 Å². The van der Waals surface area contributed by atoms with Gasteiger partial charge in [0.05, 0.1) is 17.8 Å². The third-order valence-corrected chi connectivity index (χ3v) is 6.39. The van der Waals surface area contributed by atoms with Gasteiger partial charge in [0, 0.05) is 42.0 Å². The van der Waals surface area contributed by atoms with E-state index >= 15 is 0 Å². The molecule has 1 unspecified atom stereocenters. The molecule has 142 valence electrons. The largest absolute Gasteiger partial charge is 0.314 e. The van der Waals surface area contributed by atoms with Crippen LogP contribution in [-0.2, 0) is 6.54 Å². The summed E-state index contributed by atoms with van der Waals surface area (Å²) in [7, 11) is 0. The fourth-order valence-corrected chi connectivity index (χ4v) is 4.77. The van der Waals surface area contributed by atoms with Gasteiger partial charge >= 0.3 is 0 Å². The zero-order valence-electron chi connectivity index (χ0n) is 15.4. The first kappa shape index (κ1) is 17.6. The second-order valence-electron chi connectivity index (χ2n) is 7.18. The van der Waals surface area contributed by atoms with Gasteiger partial charge in [0.2, 0.25) is 0 Å². The molecule has 3 heterocycles. The molecule has 1 aliphatic heterocycles. The Bertz CT molecular complexity index is 1090. The summed E-state index contributed by atoms with van der Waals surface area (Å²) >= 11 is 1.77. The number of H-pyrrole nitrogens is 1. The van der Waals surface area contributed by atoms with Gasteiger partial charge in [0.15, 0.2) is 0 Å². The normalized spacial score (nSPS) is 18.0. The van der Waals surface area contributed by atoms with Crippen molar-refractivity contribution in [2.45, 2.75) is 12.6 Å². The molecule has 1 aliphatic rings. The monoisotopic (exact) mass is 392 g/mol. The van der Waals surface area contributed by atoms with Gasteiger partial charge in [-0.15, -0.1) is 11.3 Å². The Morgan fingerprint density at radius 2 is 2.04 bits per heavy atom. The van der Waals surface area contributed by atoms with Crippen LogP contribution in [0.25, 0.3) is 22.0 Å². The van der Waals surface area contributed by atoms with E-state index in [4.69, 9.17) is 0 Å². The molecule has 4 nitrogen and oxygen atoms in total. The summed E-state index contributed by atoms with van der Waals surface area (Å²) in [6.45, 7) is 3.35. The molecule has 0 aliphatic carbocycles. The van der Waals surface area contributed by atoms with Gasteiger partial charge in [-0.3, -0.25) is 10.00 Å². The lowest BCUT2D eigenvalue weighted by Crippen LogP contribution is -2.45. The number of nitrogens with zero attached hydrogens (tertiary/aromatic N) is 2. The van der Waals surface area contributed by atoms with Crippen LogP contribution >= 0.6 is 11.3 Å². The van der Waals surface area contributed by atoms with Crippen molar-refractivity contribution in [3.05, 3.63) is 76.4 Å². The molecule has 1 fully saturated rings. The molecule has 0 saturated carbocycles. The van der Waals surface area contributed by atoms with Crippen LogP contribution in [0.4, 0.5) is 4.39 Å². The number of aromatic nitrogens is 2. The minimum Gasteiger partial charge on any atom is -0.314 e. The second-order valence-corrected chi connectivity index (χ2v) is 8.16. The molecule has 0 bridgehead atoms. The second kappa shape index (κ2) is 7.47. The molecule has 2 aromatic heterocycles. The Morgan fingerprint density at radius 1 is 1.14 bits per heavy atom. The van der Waals surface area contributed by atoms with E-state index < -0.39 is 0 Å². The minimum atomic E-state index is -0.142. The van der Waals surface area contributed by atoms with Crippen LogP contribution in [0.1, 0.15) is 16.5 Å². The molecule has 5 rings (SSSR count). The summed E-state index contributed by atoms with van der Waals surface area (Å²) in [6.07, 6.45) is 1.82. The number of halogens is 1. The quantitative estimate of drug-likeness (QED) is 0.534. The maximum absolute atomic E-state index is 14.7. The third kappa shape index (κ3) is 3.35. The van der Waals surface area contributed by atoms with E-state index in [1.54, 1.807) is 17.4 Å². The first-order chi connectivity index (χ1) is 13.8. The minimum absolute atomic E-state index is 0.142. The van der Waals surface area contributed by atoms with Crippen LogP contribution in [0.2, 0.25) is 0 Å². The zero-order chi connectivity index (χ0) is 18.9. The number of thiophene rings is 1. The summed E-state index contributed by atoms with van der Waals surface area (Å²) < 4.78 is 14.7. The molecule has 6 heteroatoms. The first-order valence-corrected chi connectivity index (χ1v) is 10.4. The molecule has 1 saturated heterocycles. The summed E-state index contributed by atoms with van der Waals surface area (Å²) in [5, 5.41) is 13.7. The van der Waals surface area contributed by atoms with Crippen molar-refractivity contribution in [2.75, 3.05) is 19.6 Å². The Kier molecular flexibility index (Phi) is 4.68. The fraction of sp³-hybridized carbons (Fsp3) is 0.227. The van der Waals surface area contributed by atoms with Crippen LogP contribution in [0.3, 0.4) is 0 Å². The van der Waals surface area contributed by atoms with Crippen molar-refractivity contribution in [1.82, 2.24) is 20.4 Å². The van der Waals surface area contributed by atoms with E-state index in [2.05, 4.69) is 50.1 Å². The van der Waals surface area contributed by atoms with Gasteiger partial charge in [-0.2, -0.15) is 5.10 Å². The van der Waals surface area contributed by atoms with Gasteiger partial charge in [0.1, 0.15) is 5.82 Å². The maximum Gasteiger partial charge on any atom is 0.127 e. The maximum atomic E-state index is 14.7. The van der Waals surface area contributed by atoms with Crippen LogP contribution < -0.4 is 5.32 Å². The fourth-order valence-electron chi connectivity index (χ4n) is 3.91. The van der Waals surface area contributed by atoms with Crippen molar-refractivity contribution in [3.8, 4) is 11.1 Å². The van der Waals surface area contributed by atoms with E-state index in [-0.39, 0.29) is 5.82 Å². The Labute approximate surface area is 167 Å². The highest BCUT2D eigenvalue weighted by atomic mass is 32.1. The van der Waals surface area contributed by atoms with Gasteiger partial charge in [-0.25, -0.2) is 4.39 Å². The van der Waals surface area contributed by atoms with Crippen molar-refractivity contribution >= 4 is 22.2 Å². The molecular weight excluding hydrogens is 371 g/mol. The number of nitrogens with one attached hydrogen (secondary N) is 2. The predicted molar refractivity (Wildman–Crippen MR) is 112 cm³/mol. The number of aromatic amines is 1. The Hall–Kier alpha value is -2.54. The standard InChI is InChI=1S/C22H21FN4S/c23-19-5-3-15(16-4-6-20-17(10-16)12-25-26-20)11-18(19)14-27-8-7-24-13-21(27)22-2-1-9-28-22/h1-6,9-12,21,24H,7-8,13-14H2,(H,25,26). The number of hydrogen-bond acceptors (Lipinski definition) is 4. The lowest BCUT2D eigenvalue weighted by atomic mass is 10.0. The van der Waals surface area contributed by atoms with Crippen molar-refractivity contribution in [1.29, 1.82) is 0 Å². The first-order valence-electron chi connectivity index (χ1n) is 9.48. The lowest BCUT2D eigenvalue weighted by molar-refractivity contribution is 0.154. The predicted octanol–water partition coefficient (Wildman–Crippen LogP) is 4.58. The number of benzene rings is 2. The molecule has 2 N–H and O–H groups in total. The number of fused-ring (bicyclic) bond motifs is 1. The van der Waals surface area contributed by atoms with Crippen LogP contribution in [0.5, 0.6) is 0 Å². The lowest BCUT2D eigenvalue weighted by Gasteiger charge is -2.35. The van der Waals surface area contributed by atoms with E-state index in [0.717, 1.165) is 47.2 Å². The van der Waals surface area contributed by atoms with Crippen molar-refractivity contribution < 1.29 is 4.39 Å². The molecule has 0 amide bonds. The van der Waals surface area contributed by atoms with Gasteiger partial charge in [0.25, 0.3) is 0 Å². The zero-order valence-corrected chi connectivity index (χ0v) is 16.2. The average Bonchev–Trinajstić information content (AvgIpc) is 3.41. The molecule has 2 aromatic carbocycles. The summed E-state index contributed by atoms with van der Waals surface area (Å²) in [4.78, 5) is 3.71. The van der Waals surface area contributed by atoms with E-state index in [1.165, 1.54) is 4.88 Å². The van der Waals surface area contributed by atoms with Crippen LogP contribution in [0, 0.1) is 5.82 Å². The molecule has 0 spiro atoms. The molecule has 28 heavy (non-hydrogen) atoms. The van der Waals surface area contributed by atoms with Crippen LogP contribution in [-0.4, -0.2) is 34.7 Å². The Morgan fingerprint density at radius 3 is 2.93 bits per heavy atom.